The molecule has 3 rings (SSSR count). The van der Waals surface area contributed by atoms with Gasteiger partial charge in [-0.25, -0.2) is 9.59 Å². The maximum atomic E-state index is 12.9. The van der Waals surface area contributed by atoms with Gasteiger partial charge in [-0.2, -0.15) is 11.3 Å². The molecule has 0 aliphatic carbocycles. The number of thiophene rings is 1. The van der Waals surface area contributed by atoms with Gasteiger partial charge in [0, 0.05) is 18.8 Å². The summed E-state index contributed by atoms with van der Waals surface area (Å²) >= 11 is 1.54. The van der Waals surface area contributed by atoms with E-state index >= 15 is 0 Å². The monoisotopic (exact) mass is 389 g/mol. The van der Waals surface area contributed by atoms with Crippen LogP contribution in [-0.2, 0) is 9.53 Å². The van der Waals surface area contributed by atoms with Gasteiger partial charge in [0.05, 0.1) is 18.2 Å². The van der Waals surface area contributed by atoms with Crippen LogP contribution in [0.15, 0.2) is 40.8 Å². The number of nitrogens with one attached hydrogen (secondary N) is 1. The Morgan fingerprint density at radius 3 is 2.81 bits per heavy atom. The highest BCUT2D eigenvalue weighted by Gasteiger charge is 2.38. The van der Waals surface area contributed by atoms with Crippen molar-refractivity contribution in [1.29, 1.82) is 0 Å². The van der Waals surface area contributed by atoms with Crippen LogP contribution in [-0.4, -0.2) is 54.6 Å². The normalized spacial score (nSPS) is 21.1. The third-order valence-electron chi connectivity index (χ3n) is 4.94. The molecule has 0 aromatic carbocycles. The number of carbonyl (C=O) groups excluding carboxylic acids is 2. The predicted octanol–water partition coefficient (Wildman–Crippen LogP) is 3.30. The van der Waals surface area contributed by atoms with Crippen molar-refractivity contribution in [1.82, 2.24) is 15.1 Å². The molecule has 2 amide bonds. The van der Waals surface area contributed by atoms with Gasteiger partial charge in [-0.15, -0.1) is 6.58 Å². The van der Waals surface area contributed by atoms with Crippen LogP contribution >= 0.6 is 11.3 Å². The van der Waals surface area contributed by atoms with Gasteiger partial charge < -0.3 is 10.1 Å². The zero-order valence-electron chi connectivity index (χ0n) is 15.8. The summed E-state index contributed by atoms with van der Waals surface area (Å²) < 4.78 is 5.38. The van der Waals surface area contributed by atoms with Gasteiger partial charge in [-0.05, 0) is 55.2 Å². The zero-order chi connectivity index (χ0) is 19.2. The van der Waals surface area contributed by atoms with Crippen LogP contribution in [0.2, 0.25) is 0 Å². The number of piperidine rings is 1. The number of amides is 2. The minimum absolute atomic E-state index is 0.203. The van der Waals surface area contributed by atoms with Crippen molar-refractivity contribution in [2.75, 3.05) is 32.8 Å². The molecule has 7 heteroatoms. The number of hydrogen-bond donors (Lipinski definition) is 1. The average Bonchev–Trinajstić information content (AvgIpc) is 3.20. The first-order valence-corrected chi connectivity index (χ1v) is 10.4. The zero-order valence-corrected chi connectivity index (χ0v) is 16.6. The lowest BCUT2D eigenvalue weighted by Gasteiger charge is -2.38. The molecule has 1 atom stereocenters. The molecule has 1 aromatic rings. The fourth-order valence-corrected chi connectivity index (χ4v) is 4.35. The Morgan fingerprint density at radius 2 is 2.19 bits per heavy atom. The molecule has 0 bridgehead atoms. The van der Waals surface area contributed by atoms with E-state index in [0.29, 0.717) is 25.3 Å². The van der Waals surface area contributed by atoms with E-state index in [1.807, 2.05) is 16.8 Å². The number of rotatable bonds is 7. The second-order valence-electron chi connectivity index (χ2n) is 6.76. The van der Waals surface area contributed by atoms with Gasteiger partial charge in [0.1, 0.15) is 0 Å². The maximum absolute atomic E-state index is 12.9. The first kappa shape index (κ1) is 19.6. The Balaban J connectivity index is 2.05. The maximum Gasteiger partial charge on any atom is 0.338 e. The lowest BCUT2D eigenvalue weighted by Crippen LogP contribution is -2.51. The summed E-state index contributed by atoms with van der Waals surface area (Å²) in [6.07, 6.45) is 5.20. The molecule has 3 heterocycles. The van der Waals surface area contributed by atoms with E-state index in [-0.39, 0.29) is 12.0 Å². The summed E-state index contributed by atoms with van der Waals surface area (Å²) in [5.74, 6) is -0.366. The third-order valence-corrected chi connectivity index (χ3v) is 5.65. The van der Waals surface area contributed by atoms with Crippen LogP contribution in [0.5, 0.6) is 0 Å². The molecule has 146 valence electrons. The Labute approximate surface area is 164 Å². The summed E-state index contributed by atoms with van der Waals surface area (Å²) in [5, 5.41) is 6.89. The van der Waals surface area contributed by atoms with E-state index in [0.717, 1.165) is 37.2 Å². The van der Waals surface area contributed by atoms with Crippen molar-refractivity contribution in [3.63, 3.8) is 0 Å². The van der Waals surface area contributed by atoms with Crippen LogP contribution in [0.3, 0.4) is 0 Å². The average molecular weight is 390 g/mol. The van der Waals surface area contributed by atoms with Crippen molar-refractivity contribution in [3.05, 3.63) is 46.3 Å². The summed E-state index contributed by atoms with van der Waals surface area (Å²) in [7, 11) is 0. The number of esters is 1. The Bertz CT molecular complexity index is 708. The van der Waals surface area contributed by atoms with Gasteiger partial charge in [0.2, 0.25) is 0 Å². The van der Waals surface area contributed by atoms with Gasteiger partial charge in [0.15, 0.2) is 0 Å². The standard InChI is InChI=1S/C20H27N3O3S/c1-3-9-23-16(13-22-10-6-5-7-11-22)17(19(24)26-4-2)18(21-20(23)25)15-8-12-27-14-15/h3,8,12,14,18H,1,4-7,9-11,13H2,2H3,(H,21,25). The lowest BCUT2D eigenvalue weighted by molar-refractivity contribution is -0.139. The molecular formula is C20H27N3O3S. The first-order valence-electron chi connectivity index (χ1n) is 9.49. The highest BCUT2D eigenvalue weighted by Crippen LogP contribution is 2.33. The van der Waals surface area contributed by atoms with E-state index < -0.39 is 6.04 Å². The van der Waals surface area contributed by atoms with Crippen LogP contribution in [0, 0.1) is 0 Å². The van der Waals surface area contributed by atoms with Crippen LogP contribution < -0.4 is 5.32 Å². The SMILES string of the molecule is C=CCN1C(=O)NC(c2ccsc2)C(C(=O)OCC)=C1CN1CCCCC1. The first-order chi connectivity index (χ1) is 13.2. The third kappa shape index (κ3) is 4.42. The molecular weight excluding hydrogens is 362 g/mol. The van der Waals surface area contributed by atoms with Gasteiger partial charge in [-0.3, -0.25) is 9.80 Å². The van der Waals surface area contributed by atoms with E-state index in [1.165, 1.54) is 6.42 Å². The molecule has 1 N–H and O–H groups in total. The number of likely N-dealkylation sites (tertiary alicyclic amines) is 1. The van der Waals surface area contributed by atoms with Crippen molar-refractivity contribution < 1.29 is 14.3 Å². The van der Waals surface area contributed by atoms with Crippen LogP contribution in [0.25, 0.3) is 0 Å². The van der Waals surface area contributed by atoms with Crippen molar-refractivity contribution >= 4 is 23.3 Å². The molecule has 0 radical (unpaired) electrons. The molecule has 0 spiro atoms. The van der Waals surface area contributed by atoms with E-state index in [1.54, 1.807) is 29.2 Å². The summed E-state index contributed by atoms with van der Waals surface area (Å²) in [6, 6.07) is 1.26. The van der Waals surface area contributed by atoms with Crippen molar-refractivity contribution in [2.24, 2.45) is 0 Å². The molecule has 1 aromatic heterocycles. The second kappa shape index (κ2) is 9.19. The van der Waals surface area contributed by atoms with Gasteiger partial charge >= 0.3 is 12.0 Å². The number of ether oxygens (including phenoxy) is 1. The Kier molecular flexibility index (Phi) is 6.68. The van der Waals surface area contributed by atoms with Crippen molar-refractivity contribution in [2.45, 2.75) is 32.2 Å². The predicted molar refractivity (Wildman–Crippen MR) is 106 cm³/mol. The van der Waals surface area contributed by atoms with Crippen LogP contribution in [0.4, 0.5) is 4.79 Å². The Hall–Kier alpha value is -2.12. The van der Waals surface area contributed by atoms with Gasteiger partial charge in [0.25, 0.3) is 0 Å². The number of carbonyl (C=O) groups is 2. The quantitative estimate of drug-likeness (QED) is 0.574. The number of nitrogens with zero attached hydrogens (tertiary/aromatic N) is 2. The number of urea groups is 1. The molecule has 2 aliphatic heterocycles. The molecule has 1 unspecified atom stereocenters. The fraction of sp³-hybridized carbons (Fsp3) is 0.500. The van der Waals surface area contributed by atoms with Crippen molar-refractivity contribution in [3.8, 4) is 0 Å². The molecule has 2 aliphatic rings. The van der Waals surface area contributed by atoms with Crippen LogP contribution in [0.1, 0.15) is 37.8 Å². The Morgan fingerprint density at radius 1 is 1.41 bits per heavy atom. The van der Waals surface area contributed by atoms with E-state index in [2.05, 4.69) is 16.8 Å². The minimum atomic E-state index is -0.483. The fourth-order valence-electron chi connectivity index (χ4n) is 3.66. The number of hydrogen-bond acceptors (Lipinski definition) is 5. The highest BCUT2D eigenvalue weighted by molar-refractivity contribution is 7.08. The molecule has 0 saturated carbocycles. The molecule has 27 heavy (non-hydrogen) atoms. The largest absolute Gasteiger partial charge is 0.463 e. The minimum Gasteiger partial charge on any atom is -0.463 e. The van der Waals surface area contributed by atoms with E-state index in [9.17, 15) is 9.59 Å². The molecule has 6 nitrogen and oxygen atoms in total. The summed E-state index contributed by atoms with van der Waals surface area (Å²) in [5.41, 5.74) is 2.17. The molecule has 1 saturated heterocycles. The topological polar surface area (TPSA) is 61.9 Å². The lowest BCUT2D eigenvalue weighted by atomic mass is 9.95. The summed E-state index contributed by atoms with van der Waals surface area (Å²) in [6.45, 7) is 8.74. The highest BCUT2D eigenvalue weighted by atomic mass is 32.1. The second-order valence-corrected chi connectivity index (χ2v) is 7.54. The summed E-state index contributed by atoms with van der Waals surface area (Å²) in [4.78, 5) is 29.7. The molecule has 1 fully saturated rings. The van der Waals surface area contributed by atoms with Gasteiger partial charge in [-0.1, -0.05) is 12.5 Å². The van der Waals surface area contributed by atoms with E-state index in [4.69, 9.17) is 4.74 Å². The smallest absolute Gasteiger partial charge is 0.338 e.